The Morgan fingerprint density at radius 1 is 1.29 bits per heavy atom. The lowest BCUT2D eigenvalue weighted by atomic mass is 10.2. The molecule has 0 saturated heterocycles. The number of hydrogen-bond acceptors (Lipinski definition) is 6. The quantitative estimate of drug-likeness (QED) is 0.738. The van der Waals surface area contributed by atoms with Crippen molar-refractivity contribution in [1.29, 1.82) is 0 Å². The van der Waals surface area contributed by atoms with E-state index in [1.54, 1.807) is 37.0 Å². The third-order valence-electron chi connectivity index (χ3n) is 3.25. The van der Waals surface area contributed by atoms with Crippen LogP contribution < -0.4 is 15.4 Å². The number of rotatable bonds is 5. The van der Waals surface area contributed by atoms with Crippen LogP contribution in [-0.4, -0.2) is 23.0 Å². The number of amides is 1. The third kappa shape index (κ3) is 3.69. The molecule has 0 aliphatic rings. The predicted molar refractivity (Wildman–Crippen MR) is 95.3 cm³/mol. The highest BCUT2D eigenvalue weighted by Crippen LogP contribution is 2.30. The molecule has 0 fully saturated rings. The van der Waals surface area contributed by atoms with Gasteiger partial charge in [0.1, 0.15) is 11.4 Å². The summed E-state index contributed by atoms with van der Waals surface area (Å²) in [4.78, 5) is 20.5. The summed E-state index contributed by atoms with van der Waals surface area (Å²) in [6.07, 6.45) is 3.23. The largest absolute Gasteiger partial charge is 0.495 e. The van der Waals surface area contributed by atoms with Crippen molar-refractivity contribution in [2.75, 3.05) is 17.7 Å². The van der Waals surface area contributed by atoms with Crippen molar-refractivity contribution in [2.24, 2.45) is 0 Å². The van der Waals surface area contributed by atoms with Gasteiger partial charge in [-0.1, -0.05) is 6.07 Å². The summed E-state index contributed by atoms with van der Waals surface area (Å²) >= 11 is 1.35. The molecule has 1 amide bonds. The van der Waals surface area contributed by atoms with Gasteiger partial charge >= 0.3 is 0 Å². The van der Waals surface area contributed by atoms with E-state index in [2.05, 4.69) is 20.6 Å². The van der Waals surface area contributed by atoms with Crippen LogP contribution in [0.2, 0.25) is 0 Å². The number of methoxy groups -OCH3 is 1. The summed E-state index contributed by atoms with van der Waals surface area (Å²) in [6.45, 7) is 2.00. The number of carbonyl (C=O) groups excluding carboxylic acids is 1. The highest BCUT2D eigenvalue weighted by molar-refractivity contribution is 7.14. The Morgan fingerprint density at radius 2 is 2.17 bits per heavy atom. The molecule has 24 heavy (non-hydrogen) atoms. The molecule has 2 aromatic heterocycles. The zero-order valence-corrected chi connectivity index (χ0v) is 14.1. The van der Waals surface area contributed by atoms with E-state index in [0.29, 0.717) is 16.5 Å². The maximum absolute atomic E-state index is 12.2. The van der Waals surface area contributed by atoms with Crippen LogP contribution in [0.3, 0.4) is 0 Å². The average Bonchev–Trinajstić information content (AvgIpc) is 3.05. The molecule has 0 saturated carbocycles. The van der Waals surface area contributed by atoms with Crippen LogP contribution in [0, 0.1) is 6.92 Å². The number of hydrogen-bond donors (Lipinski definition) is 2. The van der Waals surface area contributed by atoms with Crippen LogP contribution in [0.25, 0.3) is 0 Å². The maximum Gasteiger partial charge on any atom is 0.275 e. The van der Waals surface area contributed by atoms with Crippen LogP contribution in [-0.2, 0) is 0 Å². The number of carbonyl (C=O) groups is 1. The highest BCUT2D eigenvalue weighted by atomic mass is 32.1. The second-order valence-corrected chi connectivity index (χ2v) is 5.92. The number of nitrogens with zero attached hydrogens (tertiary/aromatic N) is 2. The normalized spacial score (nSPS) is 10.2. The zero-order valence-electron chi connectivity index (χ0n) is 13.2. The smallest absolute Gasteiger partial charge is 0.275 e. The Hall–Kier alpha value is -2.93. The van der Waals surface area contributed by atoms with E-state index in [4.69, 9.17) is 4.74 Å². The molecular weight excluding hydrogens is 324 g/mol. The first-order chi connectivity index (χ1) is 11.7. The summed E-state index contributed by atoms with van der Waals surface area (Å²) in [7, 11) is 1.62. The van der Waals surface area contributed by atoms with Crippen molar-refractivity contribution in [3.05, 3.63) is 59.4 Å². The number of ether oxygens (including phenoxy) is 1. The number of thiazole rings is 1. The molecule has 2 N–H and O–H groups in total. The standard InChI is InChI=1S/C17H16N4O2S/c1-11-5-6-15(23-2)13(8-11)20-17-21-14(10-24-17)16(22)19-12-4-3-7-18-9-12/h3-10H,1-2H3,(H,19,22)(H,20,21). The van der Waals surface area contributed by atoms with Crippen LogP contribution in [0.5, 0.6) is 5.75 Å². The maximum atomic E-state index is 12.2. The van der Waals surface area contributed by atoms with E-state index >= 15 is 0 Å². The first-order valence-electron chi connectivity index (χ1n) is 7.24. The molecule has 0 unspecified atom stereocenters. The van der Waals surface area contributed by atoms with Crippen LogP contribution in [0.15, 0.2) is 48.1 Å². The van der Waals surface area contributed by atoms with Crippen LogP contribution >= 0.6 is 11.3 Å². The highest BCUT2D eigenvalue weighted by Gasteiger charge is 2.12. The number of anilines is 3. The Morgan fingerprint density at radius 3 is 2.92 bits per heavy atom. The molecule has 1 aromatic carbocycles. The van der Waals surface area contributed by atoms with E-state index in [1.807, 2.05) is 25.1 Å². The molecule has 0 spiro atoms. The van der Waals surface area contributed by atoms with Gasteiger partial charge in [0.2, 0.25) is 0 Å². The number of pyridine rings is 1. The minimum Gasteiger partial charge on any atom is -0.495 e. The second kappa shape index (κ2) is 7.10. The van der Waals surface area contributed by atoms with Crippen LogP contribution in [0.1, 0.15) is 16.1 Å². The summed E-state index contributed by atoms with van der Waals surface area (Å²) in [6, 6.07) is 9.36. The lowest BCUT2D eigenvalue weighted by molar-refractivity contribution is 0.102. The van der Waals surface area contributed by atoms with Crippen molar-refractivity contribution >= 4 is 33.8 Å². The SMILES string of the molecule is COc1ccc(C)cc1Nc1nc(C(=O)Nc2cccnc2)cs1. The van der Waals surface area contributed by atoms with Gasteiger partial charge in [0.05, 0.1) is 24.7 Å². The summed E-state index contributed by atoms with van der Waals surface area (Å²) in [5.74, 6) is 0.445. The van der Waals surface area contributed by atoms with Crippen LogP contribution in [0.4, 0.5) is 16.5 Å². The van der Waals surface area contributed by atoms with E-state index in [-0.39, 0.29) is 5.91 Å². The second-order valence-electron chi connectivity index (χ2n) is 5.06. The molecule has 2 heterocycles. The van der Waals surface area contributed by atoms with Gasteiger partial charge in [-0.05, 0) is 36.8 Å². The molecular formula is C17H16N4O2S. The van der Waals surface area contributed by atoms with Crippen molar-refractivity contribution in [1.82, 2.24) is 9.97 Å². The molecule has 3 aromatic rings. The minimum absolute atomic E-state index is 0.275. The Labute approximate surface area is 143 Å². The van der Waals surface area contributed by atoms with E-state index in [0.717, 1.165) is 17.0 Å². The van der Waals surface area contributed by atoms with Gasteiger partial charge in [-0.25, -0.2) is 4.98 Å². The monoisotopic (exact) mass is 340 g/mol. The first-order valence-corrected chi connectivity index (χ1v) is 8.12. The molecule has 0 aliphatic carbocycles. The molecule has 0 radical (unpaired) electrons. The minimum atomic E-state index is -0.275. The van der Waals surface area contributed by atoms with E-state index in [1.165, 1.54) is 11.3 Å². The van der Waals surface area contributed by atoms with E-state index in [9.17, 15) is 4.79 Å². The van der Waals surface area contributed by atoms with Gasteiger partial charge < -0.3 is 15.4 Å². The predicted octanol–water partition coefficient (Wildman–Crippen LogP) is 3.85. The Kier molecular flexibility index (Phi) is 4.72. The lowest BCUT2D eigenvalue weighted by Crippen LogP contribution is -2.12. The summed E-state index contributed by atoms with van der Waals surface area (Å²) in [5.41, 5.74) is 2.89. The molecule has 0 bridgehead atoms. The number of benzene rings is 1. The van der Waals surface area contributed by atoms with Gasteiger partial charge in [0, 0.05) is 11.6 Å². The van der Waals surface area contributed by atoms with Gasteiger partial charge in [-0.15, -0.1) is 11.3 Å². The Bertz CT molecular complexity index is 849. The average molecular weight is 340 g/mol. The molecule has 0 aliphatic heterocycles. The van der Waals surface area contributed by atoms with Crippen molar-refractivity contribution in [3.63, 3.8) is 0 Å². The Balaban J connectivity index is 1.74. The fraction of sp³-hybridized carbons (Fsp3) is 0.118. The molecule has 7 heteroatoms. The molecule has 3 rings (SSSR count). The van der Waals surface area contributed by atoms with Gasteiger partial charge in [-0.2, -0.15) is 0 Å². The number of aromatic nitrogens is 2. The third-order valence-corrected chi connectivity index (χ3v) is 4.01. The van der Waals surface area contributed by atoms with Gasteiger partial charge in [0.25, 0.3) is 5.91 Å². The summed E-state index contributed by atoms with van der Waals surface area (Å²) < 4.78 is 5.33. The van der Waals surface area contributed by atoms with E-state index < -0.39 is 0 Å². The number of nitrogens with one attached hydrogen (secondary N) is 2. The van der Waals surface area contributed by atoms with Crippen molar-refractivity contribution in [2.45, 2.75) is 6.92 Å². The fourth-order valence-electron chi connectivity index (χ4n) is 2.10. The zero-order chi connectivity index (χ0) is 16.9. The summed E-state index contributed by atoms with van der Waals surface area (Å²) in [5, 5.41) is 8.28. The first kappa shape index (κ1) is 15.9. The molecule has 122 valence electrons. The van der Waals surface area contributed by atoms with Gasteiger partial charge in [0.15, 0.2) is 5.13 Å². The fourth-order valence-corrected chi connectivity index (χ4v) is 2.80. The van der Waals surface area contributed by atoms with Crippen molar-refractivity contribution in [3.8, 4) is 5.75 Å². The molecule has 0 atom stereocenters. The number of aryl methyl sites for hydroxylation is 1. The van der Waals surface area contributed by atoms with Crippen molar-refractivity contribution < 1.29 is 9.53 Å². The van der Waals surface area contributed by atoms with Gasteiger partial charge in [-0.3, -0.25) is 9.78 Å². The topological polar surface area (TPSA) is 76.1 Å². The molecule has 6 nitrogen and oxygen atoms in total. The lowest BCUT2D eigenvalue weighted by Gasteiger charge is -2.09.